The molecule has 2 heterocycles. The molecule has 0 amide bonds. The molecule has 10 aromatic rings. The van der Waals surface area contributed by atoms with Crippen molar-refractivity contribution in [2.75, 3.05) is 0 Å². The summed E-state index contributed by atoms with van der Waals surface area (Å²) in [6, 6.07) is 66.0. The summed E-state index contributed by atoms with van der Waals surface area (Å²) in [5.41, 5.74) is 14.8. The molecule has 0 N–H and O–H groups in total. The van der Waals surface area contributed by atoms with Gasteiger partial charge in [0.1, 0.15) is 23.0 Å². The Morgan fingerprint density at radius 2 is 0.879 bits per heavy atom. The molecule has 58 heavy (non-hydrogen) atoms. The average molecular weight is 741 g/mol. The summed E-state index contributed by atoms with van der Waals surface area (Å²) in [6.07, 6.45) is 8.64. The van der Waals surface area contributed by atoms with Crippen molar-refractivity contribution in [3.05, 3.63) is 212 Å². The molecule has 9 aromatic carbocycles. The van der Waals surface area contributed by atoms with Gasteiger partial charge in [-0.25, -0.2) is 0 Å². The molecule has 0 radical (unpaired) electrons. The van der Waals surface area contributed by atoms with Crippen molar-refractivity contribution < 1.29 is 9.15 Å². The predicted octanol–water partition coefficient (Wildman–Crippen LogP) is 15.2. The Kier molecular flexibility index (Phi) is 7.39. The fourth-order valence-corrected chi connectivity index (χ4v) is 9.48. The first-order valence-electron chi connectivity index (χ1n) is 20.1. The van der Waals surface area contributed by atoms with Crippen molar-refractivity contribution in [1.29, 1.82) is 0 Å². The SMILES string of the molecule is C1=CC2Oc3c(cc(-c4ccc5c(-c6ccc(-c7ccccc7)cc6)c6ccccc6c(-c6ccc(-c7ccccc7)cc6)c5c4)c4oc5ccccc5c34)C2C=C1. The normalized spacial score (nSPS) is 15.6. The standard InChI is InChI=1S/C56H36O2/c1-3-13-35(14-4-1)37-23-27-39(28-24-37)52-43-18-7-8-19-44(43)53(40-29-25-38(26-30-40)36-15-5-2-6-16-36)48-33-41(31-32-45(48)52)47-34-49-42-17-9-11-21-50(42)57-56(49)54-46-20-10-12-22-51(46)58-55(47)54/h1-34,42,50H. The third kappa shape index (κ3) is 5.12. The molecule has 2 aliphatic rings. The van der Waals surface area contributed by atoms with Crippen molar-refractivity contribution in [2.45, 2.75) is 12.0 Å². The molecule has 0 fully saturated rings. The molecule has 1 aliphatic heterocycles. The Morgan fingerprint density at radius 1 is 0.379 bits per heavy atom. The van der Waals surface area contributed by atoms with Crippen LogP contribution in [0.5, 0.6) is 5.75 Å². The monoisotopic (exact) mass is 740 g/mol. The second-order valence-corrected chi connectivity index (χ2v) is 15.5. The van der Waals surface area contributed by atoms with Gasteiger partial charge in [0.15, 0.2) is 0 Å². The molecule has 12 rings (SSSR count). The van der Waals surface area contributed by atoms with Gasteiger partial charge in [-0.2, -0.15) is 0 Å². The third-order valence-electron chi connectivity index (χ3n) is 12.2. The summed E-state index contributed by atoms with van der Waals surface area (Å²) in [7, 11) is 0. The average Bonchev–Trinajstić information content (AvgIpc) is 3.87. The van der Waals surface area contributed by atoms with Crippen molar-refractivity contribution in [2.24, 2.45) is 0 Å². The lowest BCUT2D eigenvalue weighted by molar-refractivity contribution is 0.271. The lowest BCUT2D eigenvalue weighted by Gasteiger charge is -2.19. The second kappa shape index (κ2) is 13.1. The Balaban J connectivity index is 1.13. The molecule has 2 heteroatoms. The number of furan rings is 1. The van der Waals surface area contributed by atoms with Crippen molar-refractivity contribution in [3.63, 3.8) is 0 Å². The van der Waals surface area contributed by atoms with E-state index in [0.29, 0.717) is 0 Å². The summed E-state index contributed by atoms with van der Waals surface area (Å²) in [6.45, 7) is 0. The van der Waals surface area contributed by atoms with E-state index in [1.165, 1.54) is 71.6 Å². The van der Waals surface area contributed by atoms with Crippen molar-refractivity contribution >= 4 is 43.5 Å². The molecule has 272 valence electrons. The highest BCUT2D eigenvalue weighted by molar-refractivity contribution is 6.22. The molecule has 2 nitrogen and oxygen atoms in total. The van der Waals surface area contributed by atoms with E-state index in [4.69, 9.17) is 9.15 Å². The number of para-hydroxylation sites is 1. The molecule has 0 saturated carbocycles. The minimum absolute atomic E-state index is 0.0311. The van der Waals surface area contributed by atoms with E-state index >= 15 is 0 Å². The lowest BCUT2D eigenvalue weighted by Crippen LogP contribution is -2.15. The Hall–Kier alpha value is -7.42. The van der Waals surface area contributed by atoms with E-state index in [9.17, 15) is 0 Å². The summed E-state index contributed by atoms with van der Waals surface area (Å²) < 4.78 is 13.5. The van der Waals surface area contributed by atoms with Gasteiger partial charge in [0.25, 0.3) is 0 Å². The molecule has 1 aromatic heterocycles. The highest BCUT2D eigenvalue weighted by Crippen LogP contribution is 2.52. The topological polar surface area (TPSA) is 22.4 Å². The maximum absolute atomic E-state index is 6.79. The third-order valence-corrected chi connectivity index (χ3v) is 12.2. The number of allylic oxidation sites excluding steroid dienone is 2. The summed E-state index contributed by atoms with van der Waals surface area (Å²) >= 11 is 0. The number of benzene rings is 9. The fraction of sp³-hybridized carbons (Fsp3) is 0.0357. The predicted molar refractivity (Wildman–Crippen MR) is 241 cm³/mol. The van der Waals surface area contributed by atoms with Crippen molar-refractivity contribution in [3.8, 4) is 61.4 Å². The number of fused-ring (bicyclic) bond motifs is 9. The molecular formula is C56H36O2. The maximum atomic E-state index is 6.79. The molecule has 0 bridgehead atoms. The van der Waals surface area contributed by atoms with E-state index in [-0.39, 0.29) is 12.0 Å². The first-order valence-corrected chi connectivity index (χ1v) is 20.1. The van der Waals surface area contributed by atoms with Crippen LogP contribution in [0.1, 0.15) is 11.5 Å². The zero-order valence-electron chi connectivity index (χ0n) is 31.6. The number of ether oxygens (including phenoxy) is 1. The highest BCUT2D eigenvalue weighted by atomic mass is 16.5. The lowest BCUT2D eigenvalue weighted by atomic mass is 9.83. The second-order valence-electron chi connectivity index (χ2n) is 15.5. The van der Waals surface area contributed by atoms with E-state index in [0.717, 1.165) is 38.8 Å². The van der Waals surface area contributed by atoms with Crippen LogP contribution in [-0.2, 0) is 0 Å². The molecular weight excluding hydrogens is 705 g/mol. The Morgan fingerprint density at radius 3 is 1.53 bits per heavy atom. The summed E-state index contributed by atoms with van der Waals surface area (Å²) in [5, 5.41) is 6.99. The van der Waals surface area contributed by atoms with Crippen LogP contribution < -0.4 is 4.74 Å². The zero-order chi connectivity index (χ0) is 38.2. The van der Waals surface area contributed by atoms with Crippen LogP contribution in [-0.4, -0.2) is 6.10 Å². The molecule has 2 atom stereocenters. The van der Waals surface area contributed by atoms with Gasteiger partial charge in [-0.05, 0) is 95.9 Å². The van der Waals surface area contributed by atoms with Gasteiger partial charge in [-0.3, -0.25) is 0 Å². The first kappa shape index (κ1) is 32.8. The number of hydrogen-bond acceptors (Lipinski definition) is 2. The van der Waals surface area contributed by atoms with Gasteiger partial charge in [0.05, 0.1) is 5.39 Å². The van der Waals surface area contributed by atoms with Gasteiger partial charge in [-0.1, -0.05) is 182 Å². The van der Waals surface area contributed by atoms with Gasteiger partial charge < -0.3 is 9.15 Å². The van der Waals surface area contributed by atoms with E-state index in [1.807, 2.05) is 6.07 Å². The van der Waals surface area contributed by atoms with Crippen molar-refractivity contribution in [1.82, 2.24) is 0 Å². The largest absolute Gasteiger partial charge is 0.484 e. The van der Waals surface area contributed by atoms with E-state index < -0.39 is 0 Å². The van der Waals surface area contributed by atoms with Crippen LogP contribution in [0, 0.1) is 0 Å². The Bertz CT molecular complexity index is 3280. The first-order chi connectivity index (χ1) is 28.8. The van der Waals surface area contributed by atoms with Crippen LogP contribution in [0.4, 0.5) is 0 Å². The van der Waals surface area contributed by atoms with Gasteiger partial charge in [0, 0.05) is 22.4 Å². The molecule has 0 saturated heterocycles. The number of rotatable bonds is 5. The van der Waals surface area contributed by atoms with E-state index in [2.05, 4.69) is 200 Å². The van der Waals surface area contributed by atoms with Crippen LogP contribution in [0.2, 0.25) is 0 Å². The maximum Gasteiger partial charge on any atom is 0.147 e. The van der Waals surface area contributed by atoms with Gasteiger partial charge in [0.2, 0.25) is 0 Å². The zero-order valence-corrected chi connectivity index (χ0v) is 31.6. The Labute approximate surface area is 336 Å². The van der Waals surface area contributed by atoms with Crippen LogP contribution in [0.25, 0.3) is 99.1 Å². The fourth-order valence-electron chi connectivity index (χ4n) is 9.48. The molecule has 0 spiro atoms. The minimum Gasteiger partial charge on any atom is -0.484 e. The quantitative estimate of drug-likeness (QED) is 0.164. The summed E-state index contributed by atoms with van der Waals surface area (Å²) in [4.78, 5) is 0. The summed E-state index contributed by atoms with van der Waals surface area (Å²) in [5.74, 6) is 1.08. The van der Waals surface area contributed by atoms with Gasteiger partial charge in [-0.15, -0.1) is 0 Å². The van der Waals surface area contributed by atoms with Gasteiger partial charge >= 0.3 is 0 Å². The van der Waals surface area contributed by atoms with Crippen LogP contribution >= 0.6 is 0 Å². The minimum atomic E-state index is -0.0311. The number of hydrogen-bond donors (Lipinski definition) is 0. The molecule has 2 unspecified atom stereocenters. The van der Waals surface area contributed by atoms with Crippen LogP contribution in [0.15, 0.2) is 211 Å². The smallest absolute Gasteiger partial charge is 0.147 e. The highest BCUT2D eigenvalue weighted by Gasteiger charge is 2.36. The van der Waals surface area contributed by atoms with Crippen LogP contribution in [0.3, 0.4) is 0 Å². The molecule has 1 aliphatic carbocycles. The van der Waals surface area contributed by atoms with E-state index in [1.54, 1.807) is 0 Å².